The number of hydrogen-bond acceptors (Lipinski definition) is 1. The molecule has 1 atom stereocenters. The molecular formula is C13H20O. The Morgan fingerprint density at radius 1 is 1.29 bits per heavy atom. The fourth-order valence-corrected chi connectivity index (χ4v) is 1.65. The molecule has 0 aromatic carbocycles. The molecule has 14 heavy (non-hydrogen) atoms. The maximum atomic E-state index is 5.40. The number of ether oxygens (including phenoxy) is 1. The third-order valence-electron chi connectivity index (χ3n) is 2.40. The highest BCUT2D eigenvalue weighted by atomic mass is 16.5. The third kappa shape index (κ3) is 3.55. The molecule has 1 heteroatoms. The van der Waals surface area contributed by atoms with E-state index in [-0.39, 0.29) is 6.10 Å². The zero-order chi connectivity index (χ0) is 10.4. The van der Waals surface area contributed by atoms with Crippen molar-refractivity contribution in [2.45, 2.75) is 45.6 Å². The highest BCUT2D eigenvalue weighted by Gasteiger charge is 2.12. The van der Waals surface area contributed by atoms with Crippen LogP contribution in [-0.4, -0.2) is 13.2 Å². The van der Waals surface area contributed by atoms with Crippen LogP contribution in [0.15, 0.2) is 11.6 Å². The van der Waals surface area contributed by atoms with E-state index in [0.717, 1.165) is 6.42 Å². The normalized spacial score (nSPS) is 18.4. The summed E-state index contributed by atoms with van der Waals surface area (Å²) in [5.41, 5.74) is 1.38. The van der Waals surface area contributed by atoms with Crippen molar-refractivity contribution < 1.29 is 4.74 Å². The summed E-state index contributed by atoms with van der Waals surface area (Å²) in [6.45, 7) is 4.21. The summed E-state index contributed by atoms with van der Waals surface area (Å²) in [4.78, 5) is 0. The van der Waals surface area contributed by atoms with Crippen molar-refractivity contribution in [3.63, 3.8) is 0 Å². The zero-order valence-corrected chi connectivity index (χ0v) is 9.47. The Bertz CT molecular complexity index is 252. The Labute approximate surface area is 87.5 Å². The van der Waals surface area contributed by atoms with Crippen LogP contribution in [0, 0.1) is 17.8 Å². The van der Waals surface area contributed by atoms with Crippen LogP contribution in [0.4, 0.5) is 0 Å². The Kier molecular flexibility index (Phi) is 4.76. The highest BCUT2D eigenvalue weighted by Crippen LogP contribution is 2.21. The zero-order valence-electron chi connectivity index (χ0n) is 9.47. The molecule has 0 saturated heterocycles. The van der Waals surface area contributed by atoms with Crippen molar-refractivity contribution in [2.75, 3.05) is 7.11 Å². The van der Waals surface area contributed by atoms with Gasteiger partial charge in [-0.3, -0.25) is 0 Å². The molecule has 1 rings (SSSR count). The van der Waals surface area contributed by atoms with Gasteiger partial charge in [-0.2, -0.15) is 0 Å². The standard InChI is InChI=1S/C13H20O/c1-11(2)9-10-13(14-3)12-7-5-4-6-8-12/h7,11,13H,4-6,8H2,1-3H3. The minimum absolute atomic E-state index is 0.0395. The van der Waals surface area contributed by atoms with Crippen LogP contribution < -0.4 is 0 Å². The van der Waals surface area contributed by atoms with Crippen LogP contribution in [0.5, 0.6) is 0 Å². The first-order valence-corrected chi connectivity index (χ1v) is 5.47. The van der Waals surface area contributed by atoms with Crippen LogP contribution in [0.25, 0.3) is 0 Å². The lowest BCUT2D eigenvalue weighted by molar-refractivity contribution is 0.170. The largest absolute Gasteiger partial charge is 0.364 e. The van der Waals surface area contributed by atoms with Crippen LogP contribution >= 0.6 is 0 Å². The molecule has 0 heterocycles. The molecule has 0 fully saturated rings. The third-order valence-corrected chi connectivity index (χ3v) is 2.40. The molecule has 0 amide bonds. The van der Waals surface area contributed by atoms with Crippen molar-refractivity contribution in [3.8, 4) is 11.8 Å². The Morgan fingerprint density at radius 3 is 2.57 bits per heavy atom. The first-order valence-electron chi connectivity index (χ1n) is 5.47. The van der Waals surface area contributed by atoms with E-state index in [9.17, 15) is 0 Å². The molecule has 0 bridgehead atoms. The van der Waals surface area contributed by atoms with Gasteiger partial charge in [0.1, 0.15) is 6.10 Å². The average Bonchev–Trinajstić information content (AvgIpc) is 2.20. The summed E-state index contributed by atoms with van der Waals surface area (Å²) in [6, 6.07) is 0. The van der Waals surface area contributed by atoms with Gasteiger partial charge in [0.25, 0.3) is 0 Å². The topological polar surface area (TPSA) is 9.23 Å². The van der Waals surface area contributed by atoms with Crippen molar-refractivity contribution in [1.82, 2.24) is 0 Å². The van der Waals surface area contributed by atoms with Crippen molar-refractivity contribution in [3.05, 3.63) is 11.6 Å². The molecule has 1 nitrogen and oxygen atoms in total. The monoisotopic (exact) mass is 192 g/mol. The first-order chi connectivity index (χ1) is 6.74. The first kappa shape index (κ1) is 11.3. The molecule has 78 valence electrons. The van der Waals surface area contributed by atoms with E-state index >= 15 is 0 Å². The minimum atomic E-state index is 0.0395. The molecule has 0 aromatic heterocycles. The highest BCUT2D eigenvalue weighted by molar-refractivity contribution is 5.23. The van der Waals surface area contributed by atoms with Crippen LogP contribution in [0.1, 0.15) is 39.5 Å². The van der Waals surface area contributed by atoms with Gasteiger partial charge in [-0.25, -0.2) is 0 Å². The Hall–Kier alpha value is -0.740. The summed E-state index contributed by atoms with van der Waals surface area (Å²) in [6.07, 6.45) is 7.29. The SMILES string of the molecule is COC(C#CC(C)C)C1=CCCCC1. The van der Waals surface area contributed by atoms with E-state index in [1.807, 2.05) is 0 Å². The predicted octanol–water partition coefficient (Wildman–Crippen LogP) is 3.16. The second-order valence-electron chi connectivity index (χ2n) is 4.08. The van der Waals surface area contributed by atoms with E-state index in [4.69, 9.17) is 4.74 Å². The minimum Gasteiger partial charge on any atom is -0.364 e. The van der Waals surface area contributed by atoms with E-state index in [2.05, 4.69) is 31.8 Å². The van der Waals surface area contributed by atoms with Gasteiger partial charge in [-0.15, -0.1) is 0 Å². The van der Waals surface area contributed by atoms with E-state index in [0.29, 0.717) is 5.92 Å². The second-order valence-corrected chi connectivity index (χ2v) is 4.08. The van der Waals surface area contributed by atoms with Crippen LogP contribution in [-0.2, 0) is 4.74 Å². The van der Waals surface area contributed by atoms with Gasteiger partial charge in [-0.05, 0) is 31.3 Å². The second kappa shape index (κ2) is 5.88. The van der Waals surface area contributed by atoms with Gasteiger partial charge < -0.3 is 4.74 Å². The molecule has 0 aliphatic heterocycles. The smallest absolute Gasteiger partial charge is 0.139 e. The number of methoxy groups -OCH3 is 1. The van der Waals surface area contributed by atoms with Gasteiger partial charge in [0, 0.05) is 13.0 Å². The average molecular weight is 192 g/mol. The van der Waals surface area contributed by atoms with E-state index in [1.165, 1.54) is 24.8 Å². The summed E-state index contributed by atoms with van der Waals surface area (Å²) >= 11 is 0. The molecule has 0 N–H and O–H groups in total. The quantitative estimate of drug-likeness (QED) is 0.482. The van der Waals surface area contributed by atoms with E-state index < -0.39 is 0 Å². The van der Waals surface area contributed by atoms with Crippen LogP contribution in [0.2, 0.25) is 0 Å². The van der Waals surface area contributed by atoms with Gasteiger partial charge in [0.05, 0.1) is 0 Å². The fraction of sp³-hybridized carbons (Fsp3) is 0.692. The van der Waals surface area contributed by atoms with Gasteiger partial charge in [-0.1, -0.05) is 31.8 Å². The lowest BCUT2D eigenvalue weighted by Crippen LogP contribution is -2.13. The Morgan fingerprint density at radius 2 is 2.07 bits per heavy atom. The molecule has 0 spiro atoms. The van der Waals surface area contributed by atoms with Gasteiger partial charge in [0.15, 0.2) is 0 Å². The molecular weight excluding hydrogens is 172 g/mol. The number of rotatable bonds is 2. The maximum Gasteiger partial charge on any atom is 0.139 e. The molecule has 1 unspecified atom stereocenters. The lowest BCUT2D eigenvalue weighted by Gasteiger charge is -2.17. The molecule has 0 radical (unpaired) electrons. The summed E-state index contributed by atoms with van der Waals surface area (Å²) < 4.78 is 5.40. The number of allylic oxidation sites excluding steroid dienone is 1. The van der Waals surface area contributed by atoms with Gasteiger partial charge in [0.2, 0.25) is 0 Å². The number of hydrogen-bond donors (Lipinski definition) is 0. The lowest BCUT2D eigenvalue weighted by atomic mass is 9.95. The Balaban J connectivity index is 2.62. The molecule has 0 aromatic rings. The molecule has 1 aliphatic carbocycles. The fourth-order valence-electron chi connectivity index (χ4n) is 1.65. The summed E-state index contributed by atoms with van der Waals surface area (Å²) in [5, 5.41) is 0. The summed E-state index contributed by atoms with van der Waals surface area (Å²) in [5.74, 6) is 6.80. The van der Waals surface area contributed by atoms with Crippen LogP contribution in [0.3, 0.4) is 0 Å². The maximum absolute atomic E-state index is 5.40. The van der Waals surface area contributed by atoms with E-state index in [1.54, 1.807) is 7.11 Å². The van der Waals surface area contributed by atoms with Crippen molar-refractivity contribution in [2.24, 2.45) is 5.92 Å². The summed E-state index contributed by atoms with van der Waals surface area (Å²) in [7, 11) is 1.75. The van der Waals surface area contributed by atoms with Crippen molar-refractivity contribution in [1.29, 1.82) is 0 Å². The van der Waals surface area contributed by atoms with Gasteiger partial charge >= 0.3 is 0 Å². The predicted molar refractivity (Wildman–Crippen MR) is 60.0 cm³/mol. The molecule has 1 aliphatic rings. The van der Waals surface area contributed by atoms with Crippen molar-refractivity contribution >= 4 is 0 Å². The molecule has 0 saturated carbocycles.